The first-order valence-corrected chi connectivity index (χ1v) is 14.7. The van der Waals surface area contributed by atoms with Crippen molar-refractivity contribution in [2.24, 2.45) is 5.73 Å². The van der Waals surface area contributed by atoms with E-state index in [0.717, 1.165) is 0 Å². The van der Waals surface area contributed by atoms with Crippen LogP contribution < -0.4 is 5.73 Å². The highest BCUT2D eigenvalue weighted by molar-refractivity contribution is 4.65. The largest absolute Gasteiger partial charge is 0.328 e. The summed E-state index contributed by atoms with van der Waals surface area (Å²) in [5, 5.41) is 0. The number of hydrogen-bond acceptors (Lipinski definition) is 1. The molecule has 0 rings (SSSR count). The maximum Gasteiger partial charge on any atom is 0.00388 e. The Morgan fingerprint density at radius 2 is 0.774 bits per heavy atom. The van der Waals surface area contributed by atoms with Crippen LogP contribution in [0.3, 0.4) is 0 Å². The van der Waals surface area contributed by atoms with E-state index in [1.807, 2.05) is 6.08 Å². The molecule has 0 aromatic carbocycles. The minimum absolute atomic E-state index is 0.464. The van der Waals surface area contributed by atoms with E-state index in [2.05, 4.69) is 13.5 Å². The third kappa shape index (κ3) is 27.7. The Bertz CT molecular complexity index is 324. The average Bonchev–Trinajstić information content (AvgIpc) is 2.77. The van der Waals surface area contributed by atoms with Gasteiger partial charge in [-0.3, -0.25) is 0 Å². The standard InChI is InChI=1S/C30H61N/c1-3-5-7-9-11-13-14-15-16-17-18-19-21-23-25-27-29-30(31)28-26-24-22-20-12-10-8-6-4-2/h3,30H,1,4-29,31H2,2H3. The lowest BCUT2D eigenvalue weighted by Crippen LogP contribution is -2.19. The van der Waals surface area contributed by atoms with E-state index in [-0.39, 0.29) is 0 Å². The molecule has 0 heterocycles. The van der Waals surface area contributed by atoms with Gasteiger partial charge in [-0.1, -0.05) is 154 Å². The lowest BCUT2D eigenvalue weighted by atomic mass is 10.00. The van der Waals surface area contributed by atoms with Gasteiger partial charge < -0.3 is 5.73 Å². The molecule has 0 saturated carbocycles. The van der Waals surface area contributed by atoms with Gasteiger partial charge in [0.1, 0.15) is 0 Å². The SMILES string of the molecule is C=CCCCCCCCCCCCCCCCCC(N)CCCCCCCCCCC. The predicted octanol–water partition coefficient (Wildman–Crippen LogP) is 10.7. The molecule has 31 heavy (non-hydrogen) atoms. The van der Waals surface area contributed by atoms with Crippen molar-refractivity contribution in [1.82, 2.24) is 0 Å². The van der Waals surface area contributed by atoms with Crippen molar-refractivity contribution in [2.75, 3.05) is 0 Å². The topological polar surface area (TPSA) is 26.0 Å². The van der Waals surface area contributed by atoms with Gasteiger partial charge in [0.2, 0.25) is 0 Å². The van der Waals surface area contributed by atoms with E-state index in [0.29, 0.717) is 6.04 Å². The molecule has 0 saturated heterocycles. The van der Waals surface area contributed by atoms with Crippen molar-refractivity contribution < 1.29 is 0 Å². The molecule has 0 radical (unpaired) electrons. The summed E-state index contributed by atoms with van der Waals surface area (Å²) in [4.78, 5) is 0. The van der Waals surface area contributed by atoms with Crippen LogP contribution in [0.1, 0.15) is 174 Å². The van der Waals surface area contributed by atoms with Crippen LogP contribution >= 0.6 is 0 Å². The lowest BCUT2D eigenvalue weighted by molar-refractivity contribution is 0.478. The number of allylic oxidation sites excluding steroid dienone is 1. The molecular formula is C30H61N. The summed E-state index contributed by atoms with van der Waals surface area (Å²) in [6.07, 6.45) is 38.5. The molecule has 186 valence electrons. The van der Waals surface area contributed by atoms with Gasteiger partial charge in [0, 0.05) is 6.04 Å². The van der Waals surface area contributed by atoms with E-state index in [9.17, 15) is 0 Å². The zero-order valence-corrected chi connectivity index (χ0v) is 21.8. The molecule has 0 amide bonds. The lowest BCUT2D eigenvalue weighted by Gasteiger charge is -2.11. The maximum absolute atomic E-state index is 6.33. The molecule has 0 fully saturated rings. The van der Waals surface area contributed by atoms with Gasteiger partial charge in [-0.2, -0.15) is 0 Å². The molecule has 0 aliphatic carbocycles. The summed E-state index contributed by atoms with van der Waals surface area (Å²) in [6.45, 7) is 6.08. The molecule has 0 bridgehead atoms. The first-order valence-electron chi connectivity index (χ1n) is 14.7. The van der Waals surface area contributed by atoms with Gasteiger partial charge >= 0.3 is 0 Å². The van der Waals surface area contributed by atoms with Crippen LogP contribution in [0.5, 0.6) is 0 Å². The summed E-state index contributed by atoms with van der Waals surface area (Å²) >= 11 is 0. The maximum atomic E-state index is 6.33. The van der Waals surface area contributed by atoms with Crippen LogP contribution in [0.25, 0.3) is 0 Å². The Morgan fingerprint density at radius 1 is 0.484 bits per heavy atom. The van der Waals surface area contributed by atoms with Crippen molar-refractivity contribution in [3.05, 3.63) is 12.7 Å². The van der Waals surface area contributed by atoms with Crippen molar-refractivity contribution >= 4 is 0 Å². The van der Waals surface area contributed by atoms with E-state index in [1.54, 1.807) is 0 Å². The molecule has 0 aromatic heterocycles. The van der Waals surface area contributed by atoms with Gasteiger partial charge in [0.25, 0.3) is 0 Å². The Kier molecular flexibility index (Phi) is 27.5. The summed E-state index contributed by atoms with van der Waals surface area (Å²) in [6, 6.07) is 0.464. The molecule has 1 heteroatoms. The second kappa shape index (κ2) is 27.7. The fraction of sp³-hybridized carbons (Fsp3) is 0.933. The van der Waals surface area contributed by atoms with Crippen molar-refractivity contribution in [2.45, 2.75) is 180 Å². The summed E-state index contributed by atoms with van der Waals surface area (Å²) in [7, 11) is 0. The number of rotatable bonds is 27. The summed E-state index contributed by atoms with van der Waals surface area (Å²) in [5.74, 6) is 0. The fourth-order valence-electron chi connectivity index (χ4n) is 4.68. The highest BCUT2D eigenvalue weighted by atomic mass is 14.6. The van der Waals surface area contributed by atoms with Crippen LogP contribution in [0, 0.1) is 0 Å². The number of hydrogen-bond donors (Lipinski definition) is 1. The second-order valence-corrected chi connectivity index (χ2v) is 10.2. The number of unbranched alkanes of at least 4 members (excludes halogenated alkanes) is 22. The third-order valence-corrected chi connectivity index (χ3v) is 6.91. The smallest absolute Gasteiger partial charge is 0.00388 e. The van der Waals surface area contributed by atoms with Gasteiger partial charge in [-0.15, -0.1) is 6.58 Å². The average molecular weight is 436 g/mol. The molecule has 0 aliphatic heterocycles. The molecule has 1 unspecified atom stereocenters. The van der Waals surface area contributed by atoms with Gasteiger partial charge in [0.15, 0.2) is 0 Å². The predicted molar refractivity (Wildman–Crippen MR) is 144 cm³/mol. The molecule has 2 N–H and O–H groups in total. The van der Waals surface area contributed by atoms with E-state index in [4.69, 9.17) is 5.73 Å². The zero-order chi connectivity index (χ0) is 22.7. The first-order chi connectivity index (χ1) is 15.3. The summed E-state index contributed by atoms with van der Waals surface area (Å²) < 4.78 is 0. The van der Waals surface area contributed by atoms with Gasteiger partial charge in [0.05, 0.1) is 0 Å². The zero-order valence-electron chi connectivity index (χ0n) is 21.8. The fourth-order valence-corrected chi connectivity index (χ4v) is 4.68. The van der Waals surface area contributed by atoms with Gasteiger partial charge in [-0.25, -0.2) is 0 Å². The Balaban J connectivity index is 3.12. The molecule has 0 aliphatic rings. The minimum atomic E-state index is 0.464. The second-order valence-electron chi connectivity index (χ2n) is 10.2. The Labute approximate surface area is 198 Å². The molecular weight excluding hydrogens is 374 g/mol. The van der Waals surface area contributed by atoms with Gasteiger partial charge in [-0.05, 0) is 25.7 Å². The van der Waals surface area contributed by atoms with Crippen molar-refractivity contribution in [3.63, 3.8) is 0 Å². The quantitative estimate of drug-likeness (QED) is 0.101. The van der Waals surface area contributed by atoms with E-state index < -0.39 is 0 Å². The van der Waals surface area contributed by atoms with Crippen LogP contribution in [0.15, 0.2) is 12.7 Å². The first kappa shape index (κ1) is 30.7. The third-order valence-electron chi connectivity index (χ3n) is 6.91. The highest BCUT2D eigenvalue weighted by Crippen LogP contribution is 2.15. The Hall–Kier alpha value is -0.300. The molecule has 0 aromatic rings. The molecule has 1 atom stereocenters. The van der Waals surface area contributed by atoms with Crippen molar-refractivity contribution in [1.29, 1.82) is 0 Å². The van der Waals surface area contributed by atoms with Crippen molar-refractivity contribution in [3.8, 4) is 0 Å². The molecule has 1 nitrogen and oxygen atoms in total. The van der Waals surface area contributed by atoms with Crippen LogP contribution in [-0.2, 0) is 0 Å². The molecule has 0 spiro atoms. The van der Waals surface area contributed by atoms with Crippen LogP contribution in [-0.4, -0.2) is 6.04 Å². The highest BCUT2D eigenvalue weighted by Gasteiger charge is 2.02. The normalized spacial score (nSPS) is 12.3. The minimum Gasteiger partial charge on any atom is -0.328 e. The summed E-state index contributed by atoms with van der Waals surface area (Å²) in [5.41, 5.74) is 6.33. The van der Waals surface area contributed by atoms with E-state index in [1.165, 1.54) is 167 Å². The van der Waals surface area contributed by atoms with Crippen LogP contribution in [0.4, 0.5) is 0 Å². The van der Waals surface area contributed by atoms with Crippen LogP contribution in [0.2, 0.25) is 0 Å². The Morgan fingerprint density at radius 3 is 1.10 bits per heavy atom. The van der Waals surface area contributed by atoms with E-state index >= 15 is 0 Å². The number of nitrogens with two attached hydrogens (primary N) is 1. The monoisotopic (exact) mass is 435 g/mol.